The fourth-order valence-corrected chi connectivity index (χ4v) is 1.30. The smallest absolute Gasteiger partial charge is 0.355 e. The van der Waals surface area contributed by atoms with Crippen molar-refractivity contribution < 1.29 is 9.90 Å². The topological polar surface area (TPSA) is 76.2 Å². The molecule has 0 unspecified atom stereocenters. The number of hydrogen-bond acceptors (Lipinski definition) is 4. The van der Waals surface area contributed by atoms with Gasteiger partial charge < -0.3 is 10.8 Å². The van der Waals surface area contributed by atoms with Crippen LogP contribution >= 0.6 is 11.3 Å². The molecule has 1 heterocycles. The fraction of sp³-hybridized carbons (Fsp3) is 0.333. The van der Waals surface area contributed by atoms with E-state index in [0.717, 1.165) is 0 Å². The Morgan fingerprint density at radius 2 is 2.27 bits per heavy atom. The van der Waals surface area contributed by atoms with Crippen LogP contribution in [0.15, 0.2) is 0 Å². The molecule has 5 heteroatoms. The van der Waals surface area contributed by atoms with Gasteiger partial charge >= 0.3 is 5.97 Å². The molecule has 1 rings (SSSR count). The lowest BCUT2D eigenvalue weighted by Gasteiger charge is -1.84. The maximum Gasteiger partial charge on any atom is 0.355 e. The average Bonchev–Trinajstić information content (AvgIpc) is 2.10. The molecular formula is C6H10N2O2S. The molecule has 1 aromatic heterocycles. The predicted octanol–water partition coefficient (Wildman–Crippen LogP) is 1.37. The number of carboxylic acids is 1. The number of carboxylic acid groups (broad SMARTS) is 1. The van der Waals surface area contributed by atoms with Gasteiger partial charge in [-0.2, -0.15) is 0 Å². The maximum absolute atomic E-state index is 10.3. The summed E-state index contributed by atoms with van der Waals surface area (Å²) < 4.78 is 0. The van der Waals surface area contributed by atoms with Gasteiger partial charge in [0, 0.05) is 4.88 Å². The third kappa shape index (κ3) is 1.91. The van der Waals surface area contributed by atoms with E-state index in [4.69, 9.17) is 10.8 Å². The van der Waals surface area contributed by atoms with Crippen molar-refractivity contribution >= 4 is 22.4 Å². The number of aromatic carboxylic acids is 1. The Morgan fingerprint density at radius 1 is 1.73 bits per heavy atom. The summed E-state index contributed by atoms with van der Waals surface area (Å²) in [6.45, 7) is 1.68. The second-order valence-electron chi connectivity index (χ2n) is 1.76. The number of nitrogen functional groups attached to an aromatic ring is 1. The van der Waals surface area contributed by atoms with E-state index in [1.807, 2.05) is 0 Å². The lowest BCUT2D eigenvalue weighted by atomic mass is 10.4. The highest BCUT2D eigenvalue weighted by atomic mass is 32.1. The van der Waals surface area contributed by atoms with Gasteiger partial charge in [-0.1, -0.05) is 7.43 Å². The molecule has 0 amide bonds. The van der Waals surface area contributed by atoms with Crippen molar-refractivity contribution in [3.05, 3.63) is 10.6 Å². The summed E-state index contributed by atoms with van der Waals surface area (Å²) in [4.78, 5) is 14.6. The van der Waals surface area contributed by atoms with Gasteiger partial charge in [-0.05, 0) is 6.92 Å². The van der Waals surface area contributed by atoms with Crippen LogP contribution in [-0.4, -0.2) is 16.1 Å². The van der Waals surface area contributed by atoms with Gasteiger partial charge in [-0.25, -0.2) is 9.78 Å². The minimum absolute atomic E-state index is 0. The van der Waals surface area contributed by atoms with Gasteiger partial charge in [0.1, 0.15) is 0 Å². The Morgan fingerprint density at radius 3 is 2.45 bits per heavy atom. The van der Waals surface area contributed by atoms with Gasteiger partial charge in [0.15, 0.2) is 10.8 Å². The molecule has 4 nitrogen and oxygen atoms in total. The van der Waals surface area contributed by atoms with E-state index in [1.165, 1.54) is 11.3 Å². The molecule has 0 spiro atoms. The fourth-order valence-electron chi connectivity index (χ4n) is 0.615. The second-order valence-corrected chi connectivity index (χ2v) is 3.00. The molecule has 0 bridgehead atoms. The number of aryl methyl sites for hydroxylation is 1. The van der Waals surface area contributed by atoms with Gasteiger partial charge in [0.2, 0.25) is 0 Å². The van der Waals surface area contributed by atoms with Crippen molar-refractivity contribution in [1.82, 2.24) is 4.98 Å². The second kappa shape index (κ2) is 3.34. The first-order valence-corrected chi connectivity index (χ1v) is 3.39. The molecule has 3 N–H and O–H groups in total. The molecule has 0 fully saturated rings. The van der Waals surface area contributed by atoms with E-state index in [-0.39, 0.29) is 13.1 Å². The van der Waals surface area contributed by atoms with Crippen LogP contribution in [0, 0.1) is 6.92 Å². The van der Waals surface area contributed by atoms with E-state index in [1.54, 1.807) is 6.92 Å². The van der Waals surface area contributed by atoms with E-state index >= 15 is 0 Å². The molecule has 0 aliphatic carbocycles. The van der Waals surface area contributed by atoms with Crippen LogP contribution < -0.4 is 5.73 Å². The Hall–Kier alpha value is -1.10. The van der Waals surface area contributed by atoms with Crippen LogP contribution in [0.2, 0.25) is 0 Å². The first-order valence-electron chi connectivity index (χ1n) is 2.57. The van der Waals surface area contributed by atoms with Crippen molar-refractivity contribution in [2.45, 2.75) is 14.4 Å². The van der Waals surface area contributed by atoms with Crippen molar-refractivity contribution in [2.24, 2.45) is 0 Å². The van der Waals surface area contributed by atoms with Crippen LogP contribution in [0.1, 0.15) is 22.8 Å². The molecule has 1 aromatic rings. The highest BCUT2D eigenvalue weighted by molar-refractivity contribution is 7.15. The molecule has 0 aliphatic heterocycles. The number of hydrogen-bond donors (Lipinski definition) is 2. The highest BCUT2D eigenvalue weighted by Gasteiger charge is 2.11. The van der Waals surface area contributed by atoms with Crippen molar-refractivity contribution in [1.29, 1.82) is 0 Å². The number of carbonyl (C=O) groups is 1. The summed E-state index contributed by atoms with van der Waals surface area (Å²) in [6.07, 6.45) is 0. The summed E-state index contributed by atoms with van der Waals surface area (Å²) in [5.41, 5.74) is 5.32. The molecule has 0 saturated carbocycles. The van der Waals surface area contributed by atoms with Gasteiger partial charge in [0.25, 0.3) is 0 Å². The van der Waals surface area contributed by atoms with Gasteiger partial charge in [-0.15, -0.1) is 11.3 Å². The Kier molecular flexibility index (Phi) is 3.00. The zero-order valence-corrected chi connectivity index (χ0v) is 6.10. The largest absolute Gasteiger partial charge is 0.476 e. The van der Waals surface area contributed by atoms with Crippen LogP contribution in [0.25, 0.3) is 0 Å². The number of aromatic nitrogens is 1. The molecule has 0 atom stereocenters. The summed E-state index contributed by atoms with van der Waals surface area (Å²) in [5, 5.41) is 8.77. The minimum Gasteiger partial charge on any atom is -0.476 e. The van der Waals surface area contributed by atoms with E-state index in [9.17, 15) is 4.79 Å². The molecule has 0 radical (unpaired) electrons. The summed E-state index contributed by atoms with van der Waals surface area (Å²) in [6, 6.07) is 0. The molecule has 11 heavy (non-hydrogen) atoms. The van der Waals surface area contributed by atoms with Crippen LogP contribution in [0.4, 0.5) is 5.13 Å². The quantitative estimate of drug-likeness (QED) is 0.674. The number of rotatable bonds is 1. The highest BCUT2D eigenvalue weighted by Crippen LogP contribution is 2.18. The molecule has 0 saturated heterocycles. The molecule has 0 aromatic carbocycles. The van der Waals surface area contributed by atoms with Gasteiger partial charge in [-0.3, -0.25) is 0 Å². The summed E-state index contributed by atoms with van der Waals surface area (Å²) in [5.74, 6) is -1.02. The average molecular weight is 174 g/mol. The zero-order chi connectivity index (χ0) is 7.72. The van der Waals surface area contributed by atoms with Crippen LogP contribution in [-0.2, 0) is 0 Å². The summed E-state index contributed by atoms with van der Waals surface area (Å²) >= 11 is 1.18. The number of nitrogens with zero attached hydrogens (tertiary/aromatic N) is 1. The van der Waals surface area contributed by atoms with Crippen molar-refractivity contribution in [3.63, 3.8) is 0 Å². The monoisotopic (exact) mass is 174 g/mol. The molecular weight excluding hydrogens is 164 g/mol. The van der Waals surface area contributed by atoms with Crippen LogP contribution in [0.3, 0.4) is 0 Å². The number of thiazole rings is 1. The Bertz CT molecular complexity index is 270. The summed E-state index contributed by atoms with van der Waals surface area (Å²) in [7, 11) is 0. The standard InChI is InChI=1S/C5H6N2O2S.CH4/c1-2-3(4(8)9)7-5(6)10-2;/h1H3,(H2,6,7)(H,8,9);1H4. The predicted molar refractivity (Wildman–Crippen MR) is 45.0 cm³/mol. The maximum atomic E-state index is 10.3. The number of nitrogens with two attached hydrogens (primary N) is 1. The third-order valence-electron chi connectivity index (χ3n) is 1.02. The lowest BCUT2D eigenvalue weighted by molar-refractivity contribution is 0.0690. The minimum atomic E-state index is -1.02. The molecule has 0 aliphatic rings. The normalized spacial score (nSPS) is 8.82. The first-order chi connectivity index (χ1) is 4.61. The zero-order valence-electron chi connectivity index (χ0n) is 5.29. The van der Waals surface area contributed by atoms with Crippen LogP contribution in [0.5, 0.6) is 0 Å². The van der Waals surface area contributed by atoms with Crippen molar-refractivity contribution in [2.75, 3.05) is 5.73 Å². The first kappa shape index (κ1) is 9.90. The third-order valence-corrected chi connectivity index (χ3v) is 1.82. The lowest BCUT2D eigenvalue weighted by Crippen LogP contribution is -1.98. The Labute approximate surface area is 68.7 Å². The Balaban J connectivity index is 0.000001000. The van der Waals surface area contributed by atoms with Gasteiger partial charge in [0.05, 0.1) is 0 Å². The SMILES string of the molecule is C.Cc1sc(N)nc1C(=O)O. The molecule has 62 valence electrons. The van der Waals surface area contributed by atoms with Crippen molar-refractivity contribution in [3.8, 4) is 0 Å². The van der Waals surface area contributed by atoms with E-state index in [0.29, 0.717) is 10.0 Å². The van der Waals surface area contributed by atoms with E-state index < -0.39 is 5.97 Å². The van der Waals surface area contributed by atoms with E-state index in [2.05, 4.69) is 4.98 Å². The number of anilines is 1.